The Labute approximate surface area is 138 Å². The van der Waals surface area contributed by atoms with E-state index in [-0.39, 0.29) is 24.2 Å². The Kier molecular flexibility index (Phi) is 6.42. The second kappa shape index (κ2) is 8.31. The van der Waals surface area contributed by atoms with Gasteiger partial charge in [-0.05, 0) is 64.0 Å². The number of aliphatic hydroxyl groups excluding tert-OH is 1. The van der Waals surface area contributed by atoms with Gasteiger partial charge in [0, 0.05) is 5.69 Å². The fraction of sp³-hybridized carbons (Fsp3) is 0.611. The molecule has 0 bridgehead atoms. The van der Waals surface area contributed by atoms with Crippen molar-refractivity contribution >= 4 is 11.6 Å². The fourth-order valence-corrected chi connectivity index (χ4v) is 3.02. The van der Waals surface area contributed by atoms with E-state index >= 15 is 0 Å². The lowest BCUT2D eigenvalue weighted by Gasteiger charge is -2.28. The van der Waals surface area contributed by atoms with E-state index in [9.17, 15) is 9.90 Å². The summed E-state index contributed by atoms with van der Waals surface area (Å²) >= 11 is 0. The molecule has 0 spiro atoms. The first-order chi connectivity index (χ1) is 11.0. The highest BCUT2D eigenvalue weighted by atomic mass is 16.5. The van der Waals surface area contributed by atoms with Gasteiger partial charge < -0.3 is 15.2 Å². The quantitative estimate of drug-likeness (QED) is 0.846. The first kappa shape index (κ1) is 17.8. The average molecular weight is 320 g/mol. The van der Waals surface area contributed by atoms with E-state index in [2.05, 4.69) is 5.32 Å². The van der Waals surface area contributed by atoms with E-state index in [1.54, 1.807) is 0 Å². The summed E-state index contributed by atoms with van der Waals surface area (Å²) in [6.45, 7) is 2.00. The monoisotopic (exact) mass is 320 g/mol. The Morgan fingerprint density at radius 3 is 2.52 bits per heavy atom. The molecule has 0 heterocycles. The molecule has 1 aromatic carbocycles. The lowest BCUT2D eigenvalue weighted by molar-refractivity contribution is -0.120. The van der Waals surface area contributed by atoms with Gasteiger partial charge in [-0.2, -0.15) is 0 Å². The van der Waals surface area contributed by atoms with Crippen molar-refractivity contribution < 1.29 is 14.6 Å². The number of nitrogens with one attached hydrogen (secondary N) is 1. The molecule has 0 saturated heterocycles. The molecule has 2 N–H and O–H groups in total. The number of likely N-dealkylation sites (N-methyl/N-ethyl adjacent to an activating group) is 1. The van der Waals surface area contributed by atoms with Crippen molar-refractivity contribution in [2.75, 3.05) is 19.4 Å². The van der Waals surface area contributed by atoms with Crippen molar-refractivity contribution in [1.29, 1.82) is 0 Å². The van der Waals surface area contributed by atoms with Gasteiger partial charge in [0.2, 0.25) is 5.91 Å². The molecule has 5 nitrogen and oxygen atoms in total. The summed E-state index contributed by atoms with van der Waals surface area (Å²) in [6, 6.07) is 7.22. The number of hydrogen-bond acceptors (Lipinski definition) is 4. The second-order valence-corrected chi connectivity index (χ2v) is 6.41. The van der Waals surface area contributed by atoms with Crippen molar-refractivity contribution in [2.24, 2.45) is 0 Å². The number of ether oxygens (including phenoxy) is 1. The number of nitrogens with zero attached hydrogens (tertiary/aromatic N) is 1. The van der Waals surface area contributed by atoms with Gasteiger partial charge in [-0.3, -0.25) is 9.69 Å². The van der Waals surface area contributed by atoms with Gasteiger partial charge in [-0.1, -0.05) is 13.3 Å². The van der Waals surface area contributed by atoms with Crippen LogP contribution in [0.15, 0.2) is 24.3 Å². The normalized spacial score (nSPS) is 22.7. The summed E-state index contributed by atoms with van der Waals surface area (Å²) in [7, 11) is 3.81. The van der Waals surface area contributed by atoms with Crippen LogP contribution >= 0.6 is 0 Å². The molecule has 0 radical (unpaired) electrons. The molecule has 1 aromatic rings. The molecule has 1 aliphatic carbocycles. The molecule has 3 unspecified atom stereocenters. The Hall–Kier alpha value is -1.59. The summed E-state index contributed by atoms with van der Waals surface area (Å²) in [5.74, 6) is 0.725. The lowest BCUT2D eigenvalue weighted by atomic mass is 9.95. The zero-order valence-corrected chi connectivity index (χ0v) is 14.3. The van der Waals surface area contributed by atoms with Crippen LogP contribution in [0.5, 0.6) is 5.75 Å². The van der Waals surface area contributed by atoms with Crippen LogP contribution in [0, 0.1) is 0 Å². The Bertz CT molecular complexity index is 501. The summed E-state index contributed by atoms with van der Waals surface area (Å²) in [6.07, 6.45) is 4.12. The minimum absolute atomic E-state index is 0.00567. The number of anilines is 1. The second-order valence-electron chi connectivity index (χ2n) is 6.41. The van der Waals surface area contributed by atoms with Crippen molar-refractivity contribution in [1.82, 2.24) is 4.90 Å². The van der Waals surface area contributed by atoms with Crippen LogP contribution in [-0.4, -0.2) is 48.3 Å². The van der Waals surface area contributed by atoms with Crippen LogP contribution in [0.25, 0.3) is 0 Å². The molecule has 1 saturated carbocycles. The van der Waals surface area contributed by atoms with Gasteiger partial charge in [0.05, 0.1) is 12.1 Å². The van der Waals surface area contributed by atoms with Gasteiger partial charge >= 0.3 is 0 Å². The Balaban J connectivity index is 1.92. The molecule has 5 heteroatoms. The molecular formula is C18H28N2O3. The van der Waals surface area contributed by atoms with E-state index in [0.29, 0.717) is 0 Å². The molecule has 1 amide bonds. The predicted molar refractivity (Wildman–Crippen MR) is 91.7 cm³/mol. The topological polar surface area (TPSA) is 61.8 Å². The van der Waals surface area contributed by atoms with Crippen LogP contribution in [0.4, 0.5) is 5.69 Å². The van der Waals surface area contributed by atoms with E-state index in [0.717, 1.165) is 43.5 Å². The van der Waals surface area contributed by atoms with Crippen LogP contribution in [-0.2, 0) is 4.79 Å². The highest BCUT2D eigenvalue weighted by molar-refractivity contribution is 5.94. The molecule has 3 atom stereocenters. The number of aliphatic hydroxyl groups is 1. The van der Waals surface area contributed by atoms with E-state index in [4.69, 9.17) is 4.74 Å². The van der Waals surface area contributed by atoms with Crippen LogP contribution in [0.1, 0.15) is 39.0 Å². The van der Waals surface area contributed by atoms with Crippen molar-refractivity contribution in [3.63, 3.8) is 0 Å². The van der Waals surface area contributed by atoms with E-state index < -0.39 is 0 Å². The van der Waals surface area contributed by atoms with E-state index in [1.807, 2.05) is 50.2 Å². The number of amides is 1. The van der Waals surface area contributed by atoms with Crippen LogP contribution in [0.3, 0.4) is 0 Å². The summed E-state index contributed by atoms with van der Waals surface area (Å²) in [4.78, 5) is 14.1. The molecule has 0 aliphatic heterocycles. The maximum absolute atomic E-state index is 12.2. The molecular weight excluding hydrogens is 292 g/mol. The number of carbonyl (C=O) groups excluding carboxylic acids is 1. The first-order valence-corrected chi connectivity index (χ1v) is 8.43. The number of hydrogen-bond donors (Lipinski definition) is 2. The van der Waals surface area contributed by atoms with Gasteiger partial charge in [0.25, 0.3) is 0 Å². The maximum atomic E-state index is 12.2. The molecule has 0 aromatic heterocycles. The van der Waals surface area contributed by atoms with Gasteiger partial charge in [0.1, 0.15) is 11.9 Å². The molecule has 2 rings (SSSR count). The summed E-state index contributed by atoms with van der Waals surface area (Å²) < 4.78 is 5.86. The number of rotatable bonds is 6. The zero-order chi connectivity index (χ0) is 16.8. The van der Waals surface area contributed by atoms with Crippen LogP contribution < -0.4 is 10.1 Å². The zero-order valence-electron chi connectivity index (χ0n) is 14.3. The van der Waals surface area contributed by atoms with Gasteiger partial charge in [0.15, 0.2) is 0 Å². The van der Waals surface area contributed by atoms with Gasteiger partial charge in [-0.25, -0.2) is 0 Å². The number of carbonyl (C=O) groups is 1. The maximum Gasteiger partial charge on any atom is 0.241 e. The fourth-order valence-electron chi connectivity index (χ4n) is 3.02. The smallest absolute Gasteiger partial charge is 0.241 e. The average Bonchev–Trinajstić information content (AvgIpc) is 2.52. The first-order valence-electron chi connectivity index (χ1n) is 8.43. The minimum Gasteiger partial charge on any atom is -0.488 e. The van der Waals surface area contributed by atoms with Crippen LogP contribution in [0.2, 0.25) is 0 Å². The lowest BCUT2D eigenvalue weighted by Crippen LogP contribution is -2.39. The highest BCUT2D eigenvalue weighted by Gasteiger charge is 2.24. The summed E-state index contributed by atoms with van der Waals surface area (Å²) in [5, 5.41) is 12.9. The SMILES string of the molecule is CCC(C(=O)Nc1ccc(OC2CCCCC2O)cc1)N(C)C. The van der Waals surface area contributed by atoms with Crippen molar-refractivity contribution in [3.05, 3.63) is 24.3 Å². The van der Waals surface area contributed by atoms with E-state index in [1.165, 1.54) is 0 Å². The third-order valence-corrected chi connectivity index (χ3v) is 4.39. The Morgan fingerprint density at radius 2 is 1.96 bits per heavy atom. The highest BCUT2D eigenvalue weighted by Crippen LogP contribution is 2.25. The predicted octanol–water partition coefficient (Wildman–Crippen LogP) is 2.65. The van der Waals surface area contributed by atoms with Gasteiger partial charge in [-0.15, -0.1) is 0 Å². The molecule has 1 fully saturated rings. The molecule has 23 heavy (non-hydrogen) atoms. The number of benzene rings is 1. The van der Waals surface area contributed by atoms with Crippen molar-refractivity contribution in [3.8, 4) is 5.75 Å². The summed E-state index contributed by atoms with van der Waals surface area (Å²) in [5.41, 5.74) is 0.756. The third kappa shape index (κ3) is 4.94. The third-order valence-electron chi connectivity index (χ3n) is 4.39. The molecule has 1 aliphatic rings. The minimum atomic E-state index is -0.381. The standard InChI is InChI=1S/C18H28N2O3/c1-4-15(20(2)3)18(22)19-13-9-11-14(12-10-13)23-17-8-6-5-7-16(17)21/h9-12,15-17,21H,4-8H2,1-3H3,(H,19,22). The molecule has 128 valence electrons. The Morgan fingerprint density at radius 1 is 1.30 bits per heavy atom. The van der Waals surface area contributed by atoms with Crippen molar-refractivity contribution in [2.45, 2.75) is 57.3 Å². The largest absolute Gasteiger partial charge is 0.488 e.